The number of aliphatic hydroxyl groups is 2. The second kappa shape index (κ2) is 14.2. The molecule has 0 aliphatic heterocycles. The van der Waals surface area contributed by atoms with E-state index in [1.54, 1.807) is 0 Å². The number of hydrogen-bond donors (Lipinski definition) is 4. The van der Waals surface area contributed by atoms with Crippen molar-refractivity contribution in [3.05, 3.63) is 12.3 Å². The van der Waals surface area contributed by atoms with Crippen molar-refractivity contribution < 1.29 is 10.2 Å². The Morgan fingerprint density at radius 3 is 1.70 bits per heavy atom. The van der Waals surface area contributed by atoms with Gasteiger partial charge >= 0.3 is 0 Å². The Balaban J connectivity index is 3.63. The Kier molecular flexibility index (Phi) is 13.8. The molecular weight excluding hydrogens is 356 g/mol. The molecule has 0 aromatic carbocycles. The number of nitrogens with one attached hydrogen (secondary N) is 2. The molecule has 160 valence electrons. The van der Waals surface area contributed by atoms with E-state index in [1.807, 2.05) is 0 Å². The Labute approximate surface area is 173 Å². The molecule has 0 radical (unpaired) electrons. The third kappa shape index (κ3) is 17.0. The van der Waals surface area contributed by atoms with Crippen LogP contribution in [-0.2, 0) is 0 Å². The van der Waals surface area contributed by atoms with Gasteiger partial charge in [-0.25, -0.2) is 0 Å². The van der Waals surface area contributed by atoms with Crippen LogP contribution in [0.3, 0.4) is 0 Å². The minimum absolute atomic E-state index is 0.245. The van der Waals surface area contributed by atoms with E-state index in [2.05, 4.69) is 44.9 Å². The van der Waals surface area contributed by atoms with E-state index in [0.717, 1.165) is 63.1 Å². The third-order valence-corrected chi connectivity index (χ3v) is 5.52. The van der Waals surface area contributed by atoms with Gasteiger partial charge in [0.05, 0.1) is 5.76 Å². The van der Waals surface area contributed by atoms with Gasteiger partial charge in [0.25, 0.3) is 0 Å². The molecular formula is C22H44N2O2S. The van der Waals surface area contributed by atoms with Crippen LogP contribution in [0.25, 0.3) is 0 Å². The Morgan fingerprint density at radius 1 is 0.815 bits per heavy atom. The summed E-state index contributed by atoms with van der Waals surface area (Å²) < 4.78 is 0. The van der Waals surface area contributed by atoms with Gasteiger partial charge in [-0.1, -0.05) is 47.1 Å². The van der Waals surface area contributed by atoms with Crippen LogP contribution < -0.4 is 10.6 Å². The lowest BCUT2D eigenvalue weighted by atomic mass is 9.82. The van der Waals surface area contributed by atoms with E-state index in [4.69, 9.17) is 17.3 Å². The van der Waals surface area contributed by atoms with E-state index in [1.165, 1.54) is 12.8 Å². The summed E-state index contributed by atoms with van der Waals surface area (Å²) >= 11 is 5.34. The molecule has 27 heavy (non-hydrogen) atoms. The lowest BCUT2D eigenvalue weighted by Crippen LogP contribution is -2.36. The van der Waals surface area contributed by atoms with E-state index >= 15 is 0 Å². The van der Waals surface area contributed by atoms with Crippen molar-refractivity contribution in [2.24, 2.45) is 10.8 Å². The summed E-state index contributed by atoms with van der Waals surface area (Å²) in [6.07, 6.45) is 10.6. The normalized spacial score (nSPS) is 12.0. The molecule has 0 spiro atoms. The number of unbranched alkanes of at least 4 members (excludes halogenated alkanes) is 2. The fourth-order valence-electron chi connectivity index (χ4n) is 3.21. The van der Waals surface area contributed by atoms with Crippen LogP contribution in [0.4, 0.5) is 0 Å². The highest BCUT2D eigenvalue weighted by molar-refractivity contribution is 7.80. The second-order valence-electron chi connectivity index (χ2n) is 9.32. The molecule has 4 N–H and O–H groups in total. The first kappa shape index (κ1) is 26.2. The summed E-state index contributed by atoms with van der Waals surface area (Å²) in [6, 6.07) is 0. The molecule has 0 bridgehead atoms. The number of aliphatic hydroxyl groups excluding tert-OH is 2. The fourth-order valence-corrected chi connectivity index (χ4v) is 3.42. The molecule has 0 aromatic heterocycles. The van der Waals surface area contributed by atoms with Gasteiger partial charge in [0, 0.05) is 26.1 Å². The van der Waals surface area contributed by atoms with Gasteiger partial charge in [-0.15, -0.1) is 0 Å². The summed E-state index contributed by atoms with van der Waals surface area (Å²) in [5.41, 5.74) is 0.565. The van der Waals surface area contributed by atoms with Crippen molar-refractivity contribution in [2.45, 2.75) is 91.9 Å². The standard InChI is InChI=1S/C22H44N2O2S/c1-19(26)11-15-22(4,5)13-7-9-17-24-20(27)23-16-8-6-12-21(2,3)14-10-18-25/h25-26H,1,6-18H2,2-5H3,(H2,23,24,27). The molecule has 0 saturated carbocycles. The largest absolute Gasteiger partial charge is 0.513 e. The minimum atomic E-state index is 0.245. The molecule has 0 unspecified atom stereocenters. The van der Waals surface area contributed by atoms with Crippen molar-refractivity contribution in [1.29, 1.82) is 0 Å². The summed E-state index contributed by atoms with van der Waals surface area (Å²) in [4.78, 5) is 0. The molecule has 0 fully saturated rings. The predicted octanol–water partition coefficient (Wildman–Crippen LogP) is 5.47. The smallest absolute Gasteiger partial charge is 0.166 e. The fraction of sp³-hybridized carbons (Fsp3) is 0.864. The first-order chi connectivity index (χ1) is 12.6. The van der Waals surface area contributed by atoms with Crippen molar-refractivity contribution in [1.82, 2.24) is 10.6 Å². The molecule has 0 heterocycles. The SMILES string of the molecule is C=C(O)CCC(C)(C)CCCCNC(=S)NCCCCC(C)(C)CCCO. The lowest BCUT2D eigenvalue weighted by molar-refractivity contribution is 0.229. The molecule has 0 aromatic rings. The van der Waals surface area contributed by atoms with Gasteiger partial charge in [0.2, 0.25) is 0 Å². The van der Waals surface area contributed by atoms with Crippen molar-refractivity contribution >= 4 is 17.3 Å². The van der Waals surface area contributed by atoms with Gasteiger partial charge in [0.15, 0.2) is 5.11 Å². The minimum Gasteiger partial charge on any atom is -0.513 e. The molecule has 0 rings (SSSR count). The van der Waals surface area contributed by atoms with Crippen LogP contribution >= 0.6 is 12.2 Å². The van der Waals surface area contributed by atoms with Crippen LogP contribution in [0.1, 0.15) is 91.9 Å². The van der Waals surface area contributed by atoms with Crippen LogP contribution in [-0.4, -0.2) is 35.0 Å². The average Bonchev–Trinajstić information content (AvgIpc) is 2.57. The zero-order valence-electron chi connectivity index (χ0n) is 18.2. The predicted molar refractivity (Wildman–Crippen MR) is 121 cm³/mol. The lowest BCUT2D eigenvalue weighted by Gasteiger charge is -2.24. The maximum absolute atomic E-state index is 9.23. The highest BCUT2D eigenvalue weighted by Gasteiger charge is 2.17. The van der Waals surface area contributed by atoms with Gasteiger partial charge in [-0.05, 0) is 68.0 Å². The molecule has 0 atom stereocenters. The number of hydrogen-bond acceptors (Lipinski definition) is 3. The number of thiocarbonyl (C=S) groups is 1. The van der Waals surface area contributed by atoms with Crippen LogP contribution in [0.5, 0.6) is 0 Å². The summed E-state index contributed by atoms with van der Waals surface area (Å²) in [5, 5.41) is 25.5. The average molecular weight is 401 g/mol. The van der Waals surface area contributed by atoms with E-state index in [9.17, 15) is 5.11 Å². The maximum atomic E-state index is 9.23. The quantitative estimate of drug-likeness (QED) is 0.157. The zero-order chi connectivity index (χ0) is 20.8. The van der Waals surface area contributed by atoms with E-state index < -0.39 is 0 Å². The van der Waals surface area contributed by atoms with Crippen LogP contribution in [0, 0.1) is 10.8 Å². The summed E-state index contributed by atoms with van der Waals surface area (Å²) in [6.45, 7) is 14.7. The first-order valence-electron chi connectivity index (χ1n) is 10.6. The Hall–Kier alpha value is -0.810. The molecule has 0 saturated heterocycles. The topological polar surface area (TPSA) is 64.5 Å². The van der Waals surface area contributed by atoms with Gasteiger partial charge in [-0.3, -0.25) is 0 Å². The van der Waals surface area contributed by atoms with Crippen molar-refractivity contribution in [3.63, 3.8) is 0 Å². The number of allylic oxidation sites excluding steroid dienone is 1. The van der Waals surface area contributed by atoms with E-state index in [0.29, 0.717) is 18.4 Å². The monoisotopic (exact) mass is 400 g/mol. The summed E-state index contributed by atoms with van der Waals surface area (Å²) in [5.74, 6) is 0.287. The highest BCUT2D eigenvalue weighted by Crippen LogP contribution is 2.30. The molecule has 5 heteroatoms. The molecule has 0 aliphatic rings. The first-order valence-corrected chi connectivity index (χ1v) is 11.0. The zero-order valence-corrected chi connectivity index (χ0v) is 19.0. The van der Waals surface area contributed by atoms with Gasteiger partial charge < -0.3 is 20.8 Å². The Morgan fingerprint density at radius 2 is 1.26 bits per heavy atom. The molecule has 0 aliphatic carbocycles. The third-order valence-electron chi connectivity index (χ3n) is 5.23. The van der Waals surface area contributed by atoms with E-state index in [-0.39, 0.29) is 11.2 Å². The van der Waals surface area contributed by atoms with Crippen LogP contribution in [0.2, 0.25) is 0 Å². The highest BCUT2D eigenvalue weighted by atomic mass is 32.1. The molecule has 0 amide bonds. The Bertz CT molecular complexity index is 423. The molecule has 4 nitrogen and oxygen atoms in total. The van der Waals surface area contributed by atoms with Gasteiger partial charge in [-0.2, -0.15) is 0 Å². The van der Waals surface area contributed by atoms with Crippen molar-refractivity contribution in [3.8, 4) is 0 Å². The second-order valence-corrected chi connectivity index (χ2v) is 9.73. The number of rotatable bonds is 16. The maximum Gasteiger partial charge on any atom is 0.166 e. The van der Waals surface area contributed by atoms with Crippen molar-refractivity contribution in [2.75, 3.05) is 19.7 Å². The van der Waals surface area contributed by atoms with Gasteiger partial charge in [0.1, 0.15) is 0 Å². The summed E-state index contributed by atoms with van der Waals surface area (Å²) in [7, 11) is 0. The van der Waals surface area contributed by atoms with Crippen LogP contribution in [0.15, 0.2) is 12.3 Å².